The lowest BCUT2D eigenvalue weighted by molar-refractivity contribution is -0.385. The monoisotopic (exact) mass is 306 g/mol. The van der Waals surface area contributed by atoms with E-state index < -0.39 is 4.92 Å². The Morgan fingerprint density at radius 2 is 2.00 bits per heavy atom. The number of H-pyrrole nitrogens is 1. The molecular formula is C18H14N2O3. The highest BCUT2D eigenvalue weighted by molar-refractivity contribution is 6.14. The number of rotatable bonds is 4. The van der Waals surface area contributed by atoms with Gasteiger partial charge in [-0.05, 0) is 24.6 Å². The largest absolute Gasteiger partial charge is 0.360 e. The Morgan fingerprint density at radius 3 is 2.78 bits per heavy atom. The van der Waals surface area contributed by atoms with Gasteiger partial charge in [-0.15, -0.1) is 0 Å². The minimum atomic E-state index is -0.422. The maximum atomic E-state index is 12.3. The minimum absolute atomic E-state index is 0.0479. The standard InChI is InChI=1S/C18H14N2O3/c1-12-6-7-13(10-17(12)20(22)23)8-9-18(21)15-11-19-16-5-3-2-4-14(15)16/h2-11,19H,1H3/b9-8+. The first-order valence-electron chi connectivity index (χ1n) is 7.10. The molecule has 0 fully saturated rings. The van der Waals surface area contributed by atoms with E-state index in [1.54, 1.807) is 31.3 Å². The third-order valence-electron chi connectivity index (χ3n) is 3.71. The average molecular weight is 306 g/mol. The molecule has 23 heavy (non-hydrogen) atoms. The SMILES string of the molecule is Cc1ccc(/C=C/C(=O)c2c[nH]c3ccccc23)cc1[N+](=O)[O-]. The van der Waals surface area contributed by atoms with Gasteiger partial charge in [-0.2, -0.15) is 0 Å². The zero-order chi connectivity index (χ0) is 16.4. The molecule has 114 valence electrons. The van der Waals surface area contributed by atoms with Crippen molar-refractivity contribution in [3.05, 3.63) is 81.5 Å². The van der Waals surface area contributed by atoms with E-state index in [4.69, 9.17) is 0 Å². The van der Waals surface area contributed by atoms with Crippen LogP contribution in [0.2, 0.25) is 0 Å². The molecule has 0 bridgehead atoms. The van der Waals surface area contributed by atoms with Gasteiger partial charge < -0.3 is 4.98 Å². The van der Waals surface area contributed by atoms with E-state index in [-0.39, 0.29) is 11.5 Å². The summed E-state index contributed by atoms with van der Waals surface area (Å²) in [5.41, 5.74) is 2.74. The van der Waals surface area contributed by atoms with Crippen LogP contribution in [0.4, 0.5) is 5.69 Å². The fraction of sp³-hybridized carbons (Fsp3) is 0.0556. The molecule has 0 saturated heterocycles. The lowest BCUT2D eigenvalue weighted by Crippen LogP contribution is -1.93. The lowest BCUT2D eigenvalue weighted by atomic mass is 10.1. The van der Waals surface area contributed by atoms with Gasteiger partial charge in [-0.25, -0.2) is 0 Å². The summed E-state index contributed by atoms with van der Waals surface area (Å²) in [6, 6.07) is 12.4. The first-order valence-corrected chi connectivity index (χ1v) is 7.10. The fourth-order valence-electron chi connectivity index (χ4n) is 2.46. The van der Waals surface area contributed by atoms with Gasteiger partial charge in [-0.1, -0.05) is 36.4 Å². The van der Waals surface area contributed by atoms with Gasteiger partial charge in [0.25, 0.3) is 5.69 Å². The van der Waals surface area contributed by atoms with Crippen LogP contribution in [0, 0.1) is 17.0 Å². The average Bonchev–Trinajstić information content (AvgIpc) is 2.97. The van der Waals surface area contributed by atoms with Gasteiger partial charge in [0.05, 0.1) is 4.92 Å². The van der Waals surface area contributed by atoms with Crippen molar-refractivity contribution in [2.45, 2.75) is 6.92 Å². The van der Waals surface area contributed by atoms with Crippen LogP contribution in [-0.2, 0) is 0 Å². The number of nitrogens with zero attached hydrogens (tertiary/aromatic N) is 1. The van der Waals surface area contributed by atoms with Crippen LogP contribution in [0.5, 0.6) is 0 Å². The van der Waals surface area contributed by atoms with Crippen molar-refractivity contribution in [1.29, 1.82) is 0 Å². The van der Waals surface area contributed by atoms with Gasteiger partial charge in [0.1, 0.15) is 0 Å². The number of nitro benzene ring substituents is 1. The quantitative estimate of drug-likeness (QED) is 0.338. The van der Waals surface area contributed by atoms with Gasteiger partial charge in [0, 0.05) is 34.3 Å². The Bertz CT molecular complexity index is 938. The molecule has 0 saturated carbocycles. The lowest BCUT2D eigenvalue weighted by Gasteiger charge is -1.98. The molecule has 3 aromatic rings. The number of aromatic amines is 1. The normalized spacial score (nSPS) is 11.2. The molecular weight excluding hydrogens is 292 g/mol. The maximum absolute atomic E-state index is 12.3. The van der Waals surface area contributed by atoms with Gasteiger partial charge in [0.15, 0.2) is 5.78 Å². The molecule has 0 aliphatic heterocycles. The highest BCUT2D eigenvalue weighted by atomic mass is 16.6. The Balaban J connectivity index is 1.89. The summed E-state index contributed by atoms with van der Waals surface area (Å²) >= 11 is 0. The molecule has 3 rings (SSSR count). The molecule has 1 N–H and O–H groups in total. The molecule has 0 unspecified atom stereocenters. The number of fused-ring (bicyclic) bond motifs is 1. The molecule has 1 aromatic heterocycles. The zero-order valence-corrected chi connectivity index (χ0v) is 12.4. The Morgan fingerprint density at radius 1 is 1.22 bits per heavy atom. The number of aromatic nitrogens is 1. The number of carbonyl (C=O) groups excluding carboxylic acids is 1. The molecule has 0 spiro atoms. The van der Waals surface area contributed by atoms with Crippen molar-refractivity contribution in [3.63, 3.8) is 0 Å². The molecule has 0 aliphatic rings. The van der Waals surface area contributed by atoms with Crippen LogP contribution >= 0.6 is 0 Å². The van der Waals surface area contributed by atoms with Crippen LogP contribution in [-0.4, -0.2) is 15.7 Å². The number of carbonyl (C=O) groups is 1. The second-order valence-corrected chi connectivity index (χ2v) is 5.25. The zero-order valence-electron chi connectivity index (χ0n) is 12.4. The first-order chi connectivity index (χ1) is 11.1. The summed E-state index contributed by atoms with van der Waals surface area (Å²) in [4.78, 5) is 25.9. The number of nitrogens with one attached hydrogen (secondary N) is 1. The molecule has 2 aromatic carbocycles. The van der Waals surface area contributed by atoms with Crippen LogP contribution in [0.1, 0.15) is 21.5 Å². The molecule has 1 heterocycles. The second kappa shape index (κ2) is 5.88. The topological polar surface area (TPSA) is 76.0 Å². The van der Waals surface area contributed by atoms with E-state index in [1.165, 1.54) is 12.1 Å². The van der Waals surface area contributed by atoms with Crippen LogP contribution in [0.3, 0.4) is 0 Å². The molecule has 5 heteroatoms. The van der Waals surface area contributed by atoms with E-state index >= 15 is 0 Å². The Hall–Kier alpha value is -3.21. The predicted molar refractivity (Wildman–Crippen MR) is 89.5 cm³/mol. The summed E-state index contributed by atoms with van der Waals surface area (Å²) in [6.07, 6.45) is 4.70. The van der Waals surface area contributed by atoms with Crippen molar-refractivity contribution in [1.82, 2.24) is 4.98 Å². The van der Waals surface area contributed by atoms with E-state index in [9.17, 15) is 14.9 Å². The van der Waals surface area contributed by atoms with E-state index in [1.807, 2.05) is 24.3 Å². The smallest absolute Gasteiger partial charge is 0.272 e. The van der Waals surface area contributed by atoms with E-state index in [0.717, 1.165) is 10.9 Å². The third kappa shape index (κ3) is 2.89. The number of nitro groups is 1. The van der Waals surface area contributed by atoms with E-state index in [2.05, 4.69) is 4.98 Å². The summed E-state index contributed by atoms with van der Waals surface area (Å²) < 4.78 is 0. The highest BCUT2D eigenvalue weighted by Gasteiger charge is 2.11. The van der Waals surface area contributed by atoms with Gasteiger partial charge in [0.2, 0.25) is 0 Å². The van der Waals surface area contributed by atoms with Crippen molar-refractivity contribution in [3.8, 4) is 0 Å². The molecule has 0 aliphatic carbocycles. The predicted octanol–water partition coefficient (Wildman–Crippen LogP) is 4.28. The molecule has 0 radical (unpaired) electrons. The third-order valence-corrected chi connectivity index (χ3v) is 3.71. The molecule has 0 amide bonds. The Labute approximate surface area is 132 Å². The van der Waals surface area contributed by atoms with Crippen LogP contribution in [0.15, 0.2) is 54.7 Å². The number of para-hydroxylation sites is 1. The number of hydrogen-bond donors (Lipinski definition) is 1. The first kappa shape index (κ1) is 14.7. The maximum Gasteiger partial charge on any atom is 0.272 e. The number of allylic oxidation sites excluding steroid dienone is 1. The number of ketones is 1. The van der Waals surface area contributed by atoms with E-state index in [0.29, 0.717) is 16.7 Å². The van der Waals surface area contributed by atoms with Crippen molar-refractivity contribution in [2.75, 3.05) is 0 Å². The number of benzene rings is 2. The van der Waals surface area contributed by atoms with Gasteiger partial charge in [-0.3, -0.25) is 14.9 Å². The molecule has 0 atom stereocenters. The van der Waals surface area contributed by atoms with Gasteiger partial charge >= 0.3 is 0 Å². The van der Waals surface area contributed by atoms with Crippen molar-refractivity contribution in [2.24, 2.45) is 0 Å². The Kier molecular flexibility index (Phi) is 3.76. The van der Waals surface area contributed by atoms with Crippen LogP contribution < -0.4 is 0 Å². The summed E-state index contributed by atoms with van der Waals surface area (Å²) in [5.74, 6) is -0.148. The second-order valence-electron chi connectivity index (χ2n) is 5.25. The van der Waals surface area contributed by atoms with Crippen molar-refractivity contribution < 1.29 is 9.72 Å². The summed E-state index contributed by atoms with van der Waals surface area (Å²) in [5, 5.41) is 11.8. The van der Waals surface area contributed by atoms with Crippen LogP contribution in [0.25, 0.3) is 17.0 Å². The minimum Gasteiger partial charge on any atom is -0.360 e. The summed E-state index contributed by atoms with van der Waals surface area (Å²) in [6.45, 7) is 1.68. The fourth-order valence-corrected chi connectivity index (χ4v) is 2.46. The molecule has 5 nitrogen and oxygen atoms in total. The highest BCUT2D eigenvalue weighted by Crippen LogP contribution is 2.21. The van der Waals surface area contributed by atoms with Crippen molar-refractivity contribution >= 4 is 28.4 Å². The summed E-state index contributed by atoms with van der Waals surface area (Å²) in [7, 11) is 0. The number of aryl methyl sites for hydroxylation is 1. The number of hydrogen-bond acceptors (Lipinski definition) is 3.